The number of para-hydroxylation sites is 2. The number of anilines is 2. The van der Waals surface area contributed by atoms with Gasteiger partial charge in [-0.15, -0.1) is 0 Å². The zero-order valence-electron chi connectivity index (χ0n) is 17.8. The lowest BCUT2D eigenvalue weighted by Crippen LogP contribution is -2.14. The molecule has 0 aliphatic carbocycles. The highest BCUT2D eigenvalue weighted by molar-refractivity contribution is 6.35. The minimum Gasteiger partial charge on any atom is -0.356 e. The van der Waals surface area contributed by atoms with E-state index in [-0.39, 0.29) is 5.69 Å². The fourth-order valence-electron chi connectivity index (χ4n) is 3.89. The number of Topliss-reactive ketones (excluding diaryl/α,β-unsaturated/α-hetero) is 1. The highest BCUT2D eigenvalue weighted by Crippen LogP contribution is 2.38. The van der Waals surface area contributed by atoms with Crippen LogP contribution in [0, 0.1) is 0 Å². The van der Waals surface area contributed by atoms with Gasteiger partial charge in [0.15, 0.2) is 6.29 Å². The number of aromatic nitrogens is 2. The molecule has 0 aliphatic rings. The Morgan fingerprint density at radius 3 is 2.55 bits per heavy atom. The molecule has 6 heteroatoms. The van der Waals surface area contributed by atoms with Crippen LogP contribution in [0.5, 0.6) is 0 Å². The van der Waals surface area contributed by atoms with Gasteiger partial charge in [-0.1, -0.05) is 36.4 Å². The van der Waals surface area contributed by atoms with E-state index in [1.165, 1.54) is 0 Å². The number of hydrogen-bond acceptors (Lipinski definition) is 4. The molecule has 0 saturated heterocycles. The molecule has 2 N–H and O–H groups in total. The Balaban J connectivity index is 1.81. The Bertz CT molecular complexity index is 1200. The van der Waals surface area contributed by atoms with Gasteiger partial charge in [0, 0.05) is 46.7 Å². The number of rotatable bonds is 9. The first kappa shape index (κ1) is 20.6. The van der Waals surface area contributed by atoms with Crippen LogP contribution in [0.3, 0.4) is 0 Å². The van der Waals surface area contributed by atoms with Crippen molar-refractivity contribution >= 4 is 34.3 Å². The average molecular weight is 415 g/mol. The fraction of sp³-hybridized carbons (Fsp3) is 0.200. The first-order chi connectivity index (χ1) is 15.1. The lowest BCUT2D eigenvalue weighted by Gasteiger charge is -2.10. The molecule has 0 saturated carbocycles. The van der Waals surface area contributed by atoms with E-state index in [1.807, 2.05) is 42.5 Å². The van der Waals surface area contributed by atoms with Crippen LogP contribution in [0.4, 0.5) is 11.4 Å². The van der Waals surface area contributed by atoms with E-state index >= 15 is 0 Å². The Morgan fingerprint density at radius 1 is 1.06 bits per heavy atom. The normalized spacial score (nSPS) is 11.2. The van der Waals surface area contributed by atoms with E-state index in [2.05, 4.69) is 52.2 Å². The van der Waals surface area contributed by atoms with Gasteiger partial charge in [0.1, 0.15) is 5.69 Å². The van der Waals surface area contributed by atoms with Crippen LogP contribution in [0.2, 0.25) is 0 Å². The van der Waals surface area contributed by atoms with E-state index in [9.17, 15) is 9.59 Å². The minimum absolute atomic E-state index is 0.262. The summed E-state index contributed by atoms with van der Waals surface area (Å²) in [6.07, 6.45) is 5.31. The number of aromatic amines is 1. The SMILES string of the molecule is CN(C)CCCn1cc(-c2c[nH]c(C(=O)C=O)c2Nc2ccccc2)c2ccccc21. The maximum Gasteiger partial charge on any atom is 0.243 e. The summed E-state index contributed by atoms with van der Waals surface area (Å²) in [5.74, 6) is -0.584. The second kappa shape index (κ2) is 9.02. The van der Waals surface area contributed by atoms with Gasteiger partial charge in [0.05, 0.1) is 5.69 Å². The Labute approximate surface area is 181 Å². The topological polar surface area (TPSA) is 70.1 Å². The summed E-state index contributed by atoms with van der Waals surface area (Å²) in [5.41, 5.74) is 4.74. The summed E-state index contributed by atoms with van der Waals surface area (Å²) in [6.45, 7) is 1.90. The molecule has 0 radical (unpaired) electrons. The molecule has 0 amide bonds. The lowest BCUT2D eigenvalue weighted by molar-refractivity contribution is -0.104. The third-order valence-corrected chi connectivity index (χ3v) is 5.36. The first-order valence-electron chi connectivity index (χ1n) is 10.3. The molecule has 0 unspecified atom stereocenters. The molecule has 2 aromatic carbocycles. The van der Waals surface area contributed by atoms with Crippen LogP contribution in [0.25, 0.3) is 22.0 Å². The number of aldehydes is 1. The van der Waals surface area contributed by atoms with Crippen LogP contribution >= 0.6 is 0 Å². The third-order valence-electron chi connectivity index (χ3n) is 5.36. The number of benzene rings is 2. The second-order valence-electron chi connectivity index (χ2n) is 7.84. The van der Waals surface area contributed by atoms with Gasteiger partial charge >= 0.3 is 0 Å². The number of carbonyl (C=O) groups is 2. The van der Waals surface area contributed by atoms with Gasteiger partial charge in [0.2, 0.25) is 5.78 Å². The van der Waals surface area contributed by atoms with Crippen molar-refractivity contribution in [1.29, 1.82) is 0 Å². The maximum absolute atomic E-state index is 12.3. The highest BCUT2D eigenvalue weighted by Gasteiger charge is 2.21. The number of aryl methyl sites for hydroxylation is 1. The van der Waals surface area contributed by atoms with Crippen molar-refractivity contribution in [3.63, 3.8) is 0 Å². The quantitative estimate of drug-likeness (QED) is 0.236. The predicted molar refractivity (Wildman–Crippen MR) is 125 cm³/mol. The molecule has 4 aromatic rings. The Kier molecular flexibility index (Phi) is 6.00. The van der Waals surface area contributed by atoms with Crippen LogP contribution in [0.1, 0.15) is 16.9 Å². The zero-order valence-corrected chi connectivity index (χ0v) is 17.8. The van der Waals surface area contributed by atoms with Crippen molar-refractivity contribution in [2.24, 2.45) is 0 Å². The number of fused-ring (bicyclic) bond motifs is 1. The van der Waals surface area contributed by atoms with Crippen LogP contribution in [-0.4, -0.2) is 47.2 Å². The molecule has 4 rings (SSSR count). The monoisotopic (exact) mass is 414 g/mol. The molecule has 0 aliphatic heterocycles. The highest BCUT2D eigenvalue weighted by atomic mass is 16.2. The summed E-state index contributed by atoms with van der Waals surface area (Å²) >= 11 is 0. The molecule has 0 spiro atoms. The number of ketones is 1. The van der Waals surface area contributed by atoms with E-state index in [0.717, 1.165) is 47.2 Å². The van der Waals surface area contributed by atoms with E-state index in [0.29, 0.717) is 12.0 Å². The van der Waals surface area contributed by atoms with E-state index < -0.39 is 5.78 Å². The maximum atomic E-state index is 12.3. The van der Waals surface area contributed by atoms with Crippen LogP contribution < -0.4 is 5.32 Å². The van der Waals surface area contributed by atoms with Crippen LogP contribution in [-0.2, 0) is 11.3 Å². The molecule has 6 nitrogen and oxygen atoms in total. The Morgan fingerprint density at radius 2 is 1.81 bits per heavy atom. The van der Waals surface area contributed by atoms with Gasteiger partial charge in [-0.05, 0) is 45.3 Å². The van der Waals surface area contributed by atoms with Gasteiger partial charge in [0.25, 0.3) is 0 Å². The molecule has 31 heavy (non-hydrogen) atoms. The zero-order chi connectivity index (χ0) is 21.8. The average Bonchev–Trinajstić information content (AvgIpc) is 3.35. The lowest BCUT2D eigenvalue weighted by atomic mass is 10.0. The number of nitrogens with one attached hydrogen (secondary N) is 2. The van der Waals surface area contributed by atoms with Crippen molar-refractivity contribution in [3.05, 3.63) is 72.7 Å². The summed E-state index contributed by atoms with van der Waals surface area (Å²) in [6, 6.07) is 17.9. The number of H-pyrrole nitrogens is 1. The van der Waals surface area contributed by atoms with Gasteiger partial charge in [-0.3, -0.25) is 9.59 Å². The van der Waals surface area contributed by atoms with Gasteiger partial charge < -0.3 is 19.8 Å². The van der Waals surface area contributed by atoms with Crippen molar-refractivity contribution in [2.45, 2.75) is 13.0 Å². The number of carbonyl (C=O) groups excluding carboxylic acids is 2. The molecule has 0 atom stereocenters. The standard InChI is InChI=1S/C25H26N4O2/c1-28(2)13-8-14-29-16-21(19-11-6-7-12-22(19)29)20-15-26-25(23(31)17-30)24(20)27-18-9-4-3-5-10-18/h3-7,9-12,15-17,26-27H,8,13-14H2,1-2H3. The largest absolute Gasteiger partial charge is 0.356 e. The second-order valence-corrected chi connectivity index (χ2v) is 7.84. The van der Waals surface area contributed by atoms with Crippen molar-refractivity contribution in [2.75, 3.05) is 26.0 Å². The first-order valence-corrected chi connectivity index (χ1v) is 10.3. The summed E-state index contributed by atoms with van der Waals surface area (Å²) < 4.78 is 2.26. The summed E-state index contributed by atoms with van der Waals surface area (Å²) in [7, 11) is 4.15. The molecule has 2 heterocycles. The number of nitrogens with zero attached hydrogens (tertiary/aromatic N) is 2. The summed E-state index contributed by atoms with van der Waals surface area (Å²) in [4.78, 5) is 28.7. The predicted octanol–water partition coefficient (Wildman–Crippen LogP) is 4.71. The molecular formula is C25H26N4O2. The fourth-order valence-corrected chi connectivity index (χ4v) is 3.89. The van der Waals surface area contributed by atoms with Gasteiger partial charge in [-0.2, -0.15) is 0 Å². The van der Waals surface area contributed by atoms with Crippen molar-refractivity contribution in [1.82, 2.24) is 14.5 Å². The van der Waals surface area contributed by atoms with Crippen molar-refractivity contribution in [3.8, 4) is 11.1 Å². The number of hydrogen-bond donors (Lipinski definition) is 2. The van der Waals surface area contributed by atoms with E-state index in [1.54, 1.807) is 6.20 Å². The molecular weight excluding hydrogens is 388 g/mol. The molecule has 158 valence electrons. The van der Waals surface area contributed by atoms with Crippen LogP contribution in [0.15, 0.2) is 67.0 Å². The summed E-state index contributed by atoms with van der Waals surface area (Å²) in [5, 5.41) is 4.44. The molecule has 2 aromatic heterocycles. The van der Waals surface area contributed by atoms with Gasteiger partial charge in [-0.25, -0.2) is 0 Å². The minimum atomic E-state index is -0.584. The Hall–Kier alpha value is -3.64. The third kappa shape index (κ3) is 4.29. The molecule has 0 fully saturated rings. The van der Waals surface area contributed by atoms with E-state index in [4.69, 9.17) is 0 Å². The molecule has 0 bridgehead atoms. The smallest absolute Gasteiger partial charge is 0.243 e. The van der Waals surface area contributed by atoms with Crippen molar-refractivity contribution < 1.29 is 9.59 Å².